The van der Waals surface area contributed by atoms with Crippen LogP contribution < -0.4 is 5.32 Å². The molecule has 0 amide bonds. The Morgan fingerprint density at radius 2 is 1.89 bits per heavy atom. The quantitative estimate of drug-likeness (QED) is 0.499. The van der Waals surface area contributed by atoms with Crippen molar-refractivity contribution in [3.05, 3.63) is 89.7 Å². The average Bonchev–Trinajstić information content (AvgIpc) is 3.07. The molecular formula is C20H16ClN5O. The van der Waals surface area contributed by atoms with Gasteiger partial charge in [0.25, 0.3) is 0 Å². The minimum absolute atomic E-state index is 0.207. The normalized spacial score (nSPS) is 12.0. The van der Waals surface area contributed by atoms with E-state index in [1.54, 1.807) is 22.7 Å². The number of phenolic OH excluding ortho intramolecular Hbond substituents is 1. The third-order valence-corrected chi connectivity index (χ3v) is 4.39. The molecule has 0 spiro atoms. The molecule has 0 aliphatic heterocycles. The number of phenols is 1. The van der Waals surface area contributed by atoms with Crippen molar-refractivity contribution in [2.45, 2.75) is 5.92 Å². The number of nitrogens with zero attached hydrogens (tertiary/aromatic N) is 4. The lowest BCUT2D eigenvalue weighted by atomic mass is 9.98. The standard InChI is InChI=1S/C20H16ClN5O/c1-2-17(13-6-8-16(27)9-7-13)20-24-23-19-11-10-18(25-26(19)20)22-15-5-3-4-14(21)12-15/h2-12,17,27H,1H2,(H,22,25)/t17-/m1/s1. The van der Waals surface area contributed by atoms with E-state index in [-0.39, 0.29) is 11.7 Å². The predicted molar refractivity (Wildman–Crippen MR) is 106 cm³/mol. The van der Waals surface area contributed by atoms with Crippen LogP contribution in [0.15, 0.2) is 73.3 Å². The molecule has 0 saturated carbocycles. The van der Waals surface area contributed by atoms with Crippen LogP contribution in [0.3, 0.4) is 0 Å². The number of anilines is 2. The van der Waals surface area contributed by atoms with Crippen LogP contribution in [0.2, 0.25) is 5.02 Å². The van der Waals surface area contributed by atoms with Gasteiger partial charge in [-0.05, 0) is 48.0 Å². The molecule has 2 aromatic carbocycles. The molecule has 7 heteroatoms. The van der Waals surface area contributed by atoms with Crippen LogP contribution in [-0.2, 0) is 0 Å². The maximum Gasteiger partial charge on any atom is 0.178 e. The second-order valence-corrected chi connectivity index (χ2v) is 6.42. The molecule has 0 saturated heterocycles. The fourth-order valence-corrected chi connectivity index (χ4v) is 3.04. The van der Waals surface area contributed by atoms with Gasteiger partial charge in [0.05, 0.1) is 5.92 Å². The first-order valence-electron chi connectivity index (χ1n) is 8.30. The van der Waals surface area contributed by atoms with Crippen LogP contribution in [0, 0.1) is 0 Å². The van der Waals surface area contributed by atoms with Gasteiger partial charge in [-0.25, -0.2) is 0 Å². The Morgan fingerprint density at radius 1 is 1.07 bits per heavy atom. The first-order chi connectivity index (χ1) is 13.1. The Bertz CT molecular complexity index is 1110. The lowest BCUT2D eigenvalue weighted by Crippen LogP contribution is -2.07. The summed E-state index contributed by atoms with van der Waals surface area (Å²) in [6.45, 7) is 3.92. The van der Waals surface area contributed by atoms with Crippen molar-refractivity contribution in [2.24, 2.45) is 0 Å². The minimum Gasteiger partial charge on any atom is -0.508 e. The Morgan fingerprint density at radius 3 is 2.63 bits per heavy atom. The number of fused-ring (bicyclic) bond motifs is 1. The summed E-state index contributed by atoms with van der Waals surface area (Å²) >= 11 is 6.04. The SMILES string of the molecule is C=C[C@H](c1ccc(O)cc1)c1nnc2ccc(Nc3cccc(Cl)c3)nn12. The molecule has 0 bridgehead atoms. The van der Waals surface area contributed by atoms with Crippen molar-refractivity contribution >= 4 is 28.8 Å². The minimum atomic E-state index is -0.213. The van der Waals surface area contributed by atoms with Gasteiger partial charge in [0.2, 0.25) is 0 Å². The summed E-state index contributed by atoms with van der Waals surface area (Å²) in [5.41, 5.74) is 2.40. The lowest BCUT2D eigenvalue weighted by molar-refractivity contribution is 0.475. The highest BCUT2D eigenvalue weighted by atomic mass is 35.5. The summed E-state index contributed by atoms with van der Waals surface area (Å²) in [7, 11) is 0. The molecular weight excluding hydrogens is 362 g/mol. The van der Waals surface area contributed by atoms with Crippen LogP contribution in [0.25, 0.3) is 5.65 Å². The van der Waals surface area contributed by atoms with Crippen molar-refractivity contribution in [3.63, 3.8) is 0 Å². The molecule has 27 heavy (non-hydrogen) atoms. The highest BCUT2D eigenvalue weighted by Crippen LogP contribution is 2.26. The zero-order valence-electron chi connectivity index (χ0n) is 14.2. The Kier molecular flexibility index (Phi) is 4.48. The average molecular weight is 378 g/mol. The second kappa shape index (κ2) is 7.09. The summed E-state index contributed by atoms with van der Waals surface area (Å²) < 4.78 is 1.69. The fourth-order valence-electron chi connectivity index (χ4n) is 2.85. The zero-order chi connectivity index (χ0) is 18.8. The summed E-state index contributed by atoms with van der Waals surface area (Å²) in [5.74, 6) is 1.27. The van der Waals surface area contributed by atoms with Crippen LogP contribution in [-0.4, -0.2) is 24.9 Å². The highest BCUT2D eigenvalue weighted by Gasteiger charge is 2.18. The van der Waals surface area contributed by atoms with E-state index in [2.05, 4.69) is 27.2 Å². The molecule has 0 aliphatic rings. The highest BCUT2D eigenvalue weighted by molar-refractivity contribution is 6.30. The maximum absolute atomic E-state index is 9.52. The summed E-state index contributed by atoms with van der Waals surface area (Å²) in [4.78, 5) is 0. The lowest BCUT2D eigenvalue weighted by Gasteiger charge is -2.12. The van der Waals surface area contributed by atoms with Crippen molar-refractivity contribution in [2.75, 3.05) is 5.32 Å². The molecule has 2 heterocycles. The van der Waals surface area contributed by atoms with Gasteiger partial charge in [-0.1, -0.05) is 35.9 Å². The fraction of sp³-hybridized carbons (Fsp3) is 0.0500. The number of halogens is 1. The first kappa shape index (κ1) is 17.1. The largest absolute Gasteiger partial charge is 0.508 e. The van der Waals surface area contributed by atoms with E-state index in [1.807, 2.05) is 48.5 Å². The van der Waals surface area contributed by atoms with E-state index < -0.39 is 0 Å². The zero-order valence-corrected chi connectivity index (χ0v) is 15.0. The van der Waals surface area contributed by atoms with Gasteiger partial charge in [-0.2, -0.15) is 4.52 Å². The summed E-state index contributed by atoms with van der Waals surface area (Å²) in [6.07, 6.45) is 1.78. The van der Waals surface area contributed by atoms with Gasteiger partial charge >= 0.3 is 0 Å². The van der Waals surface area contributed by atoms with Crippen molar-refractivity contribution in [1.29, 1.82) is 0 Å². The number of benzene rings is 2. The van der Waals surface area contributed by atoms with E-state index in [4.69, 9.17) is 11.6 Å². The number of hydrogen-bond acceptors (Lipinski definition) is 5. The molecule has 4 rings (SSSR count). The molecule has 0 aliphatic carbocycles. The van der Waals surface area contributed by atoms with Crippen molar-refractivity contribution in [3.8, 4) is 5.75 Å². The number of rotatable bonds is 5. The van der Waals surface area contributed by atoms with Crippen LogP contribution in [0.5, 0.6) is 5.75 Å². The van der Waals surface area contributed by atoms with Crippen LogP contribution >= 0.6 is 11.6 Å². The van der Waals surface area contributed by atoms with Gasteiger partial charge in [-0.15, -0.1) is 21.9 Å². The van der Waals surface area contributed by atoms with E-state index in [9.17, 15) is 5.11 Å². The van der Waals surface area contributed by atoms with Gasteiger partial charge in [0, 0.05) is 10.7 Å². The third-order valence-electron chi connectivity index (χ3n) is 4.15. The first-order valence-corrected chi connectivity index (χ1v) is 8.68. The van der Waals surface area contributed by atoms with E-state index in [0.29, 0.717) is 22.3 Å². The van der Waals surface area contributed by atoms with E-state index in [0.717, 1.165) is 11.3 Å². The molecule has 1 atom stereocenters. The monoisotopic (exact) mass is 377 g/mol. The molecule has 0 fully saturated rings. The smallest absolute Gasteiger partial charge is 0.178 e. The Balaban J connectivity index is 1.73. The van der Waals surface area contributed by atoms with E-state index >= 15 is 0 Å². The van der Waals surface area contributed by atoms with Crippen molar-refractivity contribution in [1.82, 2.24) is 19.8 Å². The number of nitrogens with one attached hydrogen (secondary N) is 1. The van der Waals surface area contributed by atoms with Crippen LogP contribution in [0.1, 0.15) is 17.3 Å². The van der Waals surface area contributed by atoms with Gasteiger partial charge in [-0.3, -0.25) is 0 Å². The predicted octanol–water partition coefficient (Wildman–Crippen LogP) is 4.54. The Labute approximate surface area is 160 Å². The molecule has 134 valence electrons. The molecule has 0 radical (unpaired) electrons. The second-order valence-electron chi connectivity index (χ2n) is 5.99. The molecule has 2 N–H and O–H groups in total. The molecule has 6 nitrogen and oxygen atoms in total. The molecule has 4 aromatic rings. The van der Waals surface area contributed by atoms with Gasteiger partial charge < -0.3 is 10.4 Å². The summed E-state index contributed by atoms with van der Waals surface area (Å²) in [5, 5.41) is 26.5. The maximum atomic E-state index is 9.52. The van der Waals surface area contributed by atoms with E-state index in [1.165, 1.54) is 0 Å². The van der Waals surface area contributed by atoms with Crippen molar-refractivity contribution < 1.29 is 5.11 Å². The number of hydrogen-bond donors (Lipinski definition) is 2. The topological polar surface area (TPSA) is 75.3 Å². The molecule has 2 aromatic heterocycles. The Hall–Kier alpha value is -3.38. The molecule has 0 unspecified atom stereocenters. The number of allylic oxidation sites excluding steroid dienone is 1. The van der Waals surface area contributed by atoms with Crippen LogP contribution in [0.4, 0.5) is 11.5 Å². The third kappa shape index (κ3) is 3.47. The number of aromatic hydroxyl groups is 1. The number of aromatic nitrogens is 4. The van der Waals surface area contributed by atoms with Gasteiger partial charge in [0.15, 0.2) is 17.3 Å². The van der Waals surface area contributed by atoms with Gasteiger partial charge in [0.1, 0.15) is 5.75 Å². The summed E-state index contributed by atoms with van der Waals surface area (Å²) in [6, 6.07) is 18.0.